The zero-order valence-electron chi connectivity index (χ0n) is 13.3. The van der Waals surface area contributed by atoms with E-state index in [1.54, 1.807) is 0 Å². The lowest BCUT2D eigenvalue weighted by Gasteiger charge is -2.31. The maximum atomic E-state index is 12.6. The molecule has 3 heteroatoms. The summed E-state index contributed by atoms with van der Waals surface area (Å²) in [6.07, 6.45) is 1.01. The molecule has 0 saturated carbocycles. The van der Waals surface area contributed by atoms with E-state index in [-0.39, 0.29) is 17.9 Å². The summed E-state index contributed by atoms with van der Waals surface area (Å²) in [5, 5.41) is 9.01. The highest BCUT2D eigenvalue weighted by molar-refractivity contribution is 5.87. The van der Waals surface area contributed by atoms with Crippen LogP contribution in [0.2, 0.25) is 0 Å². The van der Waals surface area contributed by atoms with Crippen molar-refractivity contribution in [2.75, 3.05) is 13.1 Å². The molecule has 1 amide bonds. The number of amides is 1. The average molecular weight is 296 g/mol. The number of hydrogen-bond acceptors (Lipinski definition) is 2. The van der Waals surface area contributed by atoms with Crippen molar-refractivity contribution in [2.45, 2.75) is 32.2 Å². The quantitative estimate of drug-likeness (QED) is 0.914. The van der Waals surface area contributed by atoms with E-state index < -0.39 is 0 Å². The highest BCUT2D eigenvalue weighted by atomic mass is 16.1. The summed E-state index contributed by atoms with van der Waals surface area (Å²) in [5.41, 5.74) is 1.08. The van der Waals surface area contributed by atoms with Crippen LogP contribution >= 0.6 is 0 Å². The molecule has 1 aliphatic rings. The fourth-order valence-corrected chi connectivity index (χ4v) is 3.16. The fourth-order valence-electron chi connectivity index (χ4n) is 3.16. The number of benzene rings is 2. The topological polar surface area (TPSA) is 41.1 Å². The lowest BCUT2D eigenvalue weighted by atomic mass is 9.93. The maximum Gasteiger partial charge on any atom is 0.227 e. The van der Waals surface area contributed by atoms with Crippen LogP contribution in [0.1, 0.15) is 31.7 Å². The molecule has 1 heterocycles. The van der Waals surface area contributed by atoms with Crippen LogP contribution < -0.4 is 10.6 Å². The Hall–Kier alpha value is -1.87. The first-order valence-electron chi connectivity index (χ1n) is 8.15. The first kappa shape index (κ1) is 15.0. The van der Waals surface area contributed by atoms with Crippen molar-refractivity contribution in [3.63, 3.8) is 0 Å². The molecule has 2 aromatic rings. The van der Waals surface area contributed by atoms with Gasteiger partial charge >= 0.3 is 0 Å². The number of hydrogen-bond donors (Lipinski definition) is 2. The van der Waals surface area contributed by atoms with Crippen LogP contribution in [0.25, 0.3) is 10.8 Å². The van der Waals surface area contributed by atoms with E-state index in [0.717, 1.165) is 25.1 Å². The minimum atomic E-state index is -0.119. The van der Waals surface area contributed by atoms with Gasteiger partial charge in [0.15, 0.2) is 0 Å². The Balaban J connectivity index is 1.73. The highest BCUT2D eigenvalue weighted by Gasteiger charge is 2.25. The van der Waals surface area contributed by atoms with Crippen LogP contribution in [0.15, 0.2) is 42.5 Å². The molecule has 0 spiro atoms. The van der Waals surface area contributed by atoms with E-state index in [1.165, 1.54) is 10.8 Å². The number of carbonyl (C=O) groups is 1. The first-order valence-corrected chi connectivity index (χ1v) is 8.15. The lowest BCUT2D eigenvalue weighted by Crippen LogP contribution is -2.49. The van der Waals surface area contributed by atoms with Gasteiger partial charge in [0.05, 0.1) is 5.92 Å². The largest absolute Gasteiger partial charge is 0.352 e. The molecule has 116 valence electrons. The third-order valence-corrected chi connectivity index (χ3v) is 4.78. The minimum Gasteiger partial charge on any atom is -0.352 e. The van der Waals surface area contributed by atoms with Crippen molar-refractivity contribution < 1.29 is 4.79 Å². The van der Waals surface area contributed by atoms with E-state index in [1.807, 2.05) is 19.1 Å². The second-order valence-corrected chi connectivity index (χ2v) is 6.41. The molecule has 0 aromatic heterocycles. The van der Waals surface area contributed by atoms with Gasteiger partial charge in [0.2, 0.25) is 5.91 Å². The molecule has 3 rings (SSSR count). The highest BCUT2D eigenvalue weighted by Crippen LogP contribution is 2.22. The summed E-state index contributed by atoms with van der Waals surface area (Å²) in [6, 6.07) is 14.9. The molecule has 2 N–H and O–H groups in total. The van der Waals surface area contributed by atoms with Gasteiger partial charge in [-0.25, -0.2) is 0 Å². The third-order valence-electron chi connectivity index (χ3n) is 4.78. The number of rotatable bonds is 3. The van der Waals surface area contributed by atoms with Gasteiger partial charge < -0.3 is 10.6 Å². The van der Waals surface area contributed by atoms with E-state index in [0.29, 0.717) is 5.92 Å². The van der Waals surface area contributed by atoms with Crippen molar-refractivity contribution in [3.05, 3.63) is 48.0 Å². The second kappa shape index (κ2) is 6.49. The molecule has 3 nitrogen and oxygen atoms in total. The van der Waals surface area contributed by atoms with Crippen molar-refractivity contribution >= 4 is 16.7 Å². The average Bonchev–Trinajstić information content (AvgIpc) is 2.55. The van der Waals surface area contributed by atoms with E-state index in [9.17, 15) is 4.79 Å². The van der Waals surface area contributed by atoms with E-state index in [2.05, 4.69) is 47.9 Å². The normalized spacial score (nSPS) is 23.2. The molecule has 3 atom stereocenters. The molecule has 1 saturated heterocycles. The molecule has 1 aliphatic heterocycles. The fraction of sp³-hybridized carbons (Fsp3) is 0.421. The molecule has 0 bridgehead atoms. The number of carbonyl (C=O) groups excluding carboxylic acids is 1. The summed E-state index contributed by atoms with van der Waals surface area (Å²) in [5.74, 6) is 0.502. The summed E-state index contributed by atoms with van der Waals surface area (Å²) in [4.78, 5) is 12.6. The van der Waals surface area contributed by atoms with Gasteiger partial charge in [-0.1, -0.05) is 49.4 Å². The monoisotopic (exact) mass is 296 g/mol. The summed E-state index contributed by atoms with van der Waals surface area (Å²) in [7, 11) is 0. The molecule has 22 heavy (non-hydrogen) atoms. The smallest absolute Gasteiger partial charge is 0.227 e. The number of nitrogens with one attached hydrogen (secondary N) is 2. The molecule has 0 radical (unpaired) electrons. The van der Waals surface area contributed by atoms with Crippen molar-refractivity contribution in [1.82, 2.24) is 10.6 Å². The standard InChI is InChI=1S/C19H24N2O/c1-13-12-20-10-9-18(13)21-19(22)14(2)16-8-7-15-5-3-4-6-17(15)11-16/h3-8,11,13-14,18,20H,9-10,12H2,1-2H3,(H,21,22). The zero-order chi connectivity index (χ0) is 15.5. The Labute approximate surface area is 132 Å². The Morgan fingerprint density at radius 1 is 1.23 bits per heavy atom. The molecular weight excluding hydrogens is 272 g/mol. The van der Waals surface area contributed by atoms with Crippen LogP contribution in [-0.4, -0.2) is 25.0 Å². The van der Waals surface area contributed by atoms with E-state index >= 15 is 0 Å². The molecule has 2 aromatic carbocycles. The van der Waals surface area contributed by atoms with Crippen molar-refractivity contribution in [2.24, 2.45) is 5.92 Å². The van der Waals surface area contributed by atoms with Crippen LogP contribution in [0.5, 0.6) is 0 Å². The first-order chi connectivity index (χ1) is 10.6. The third kappa shape index (κ3) is 3.14. The SMILES string of the molecule is CC(C(=O)NC1CCNCC1C)c1ccc2ccccc2c1. The van der Waals surface area contributed by atoms with Crippen LogP contribution in [0.4, 0.5) is 0 Å². The summed E-state index contributed by atoms with van der Waals surface area (Å²) >= 11 is 0. The zero-order valence-corrected chi connectivity index (χ0v) is 13.3. The van der Waals surface area contributed by atoms with Crippen LogP contribution in [0, 0.1) is 5.92 Å². The second-order valence-electron chi connectivity index (χ2n) is 6.41. The van der Waals surface area contributed by atoms with Gasteiger partial charge in [-0.2, -0.15) is 0 Å². The molecular formula is C19H24N2O. The van der Waals surface area contributed by atoms with Crippen LogP contribution in [-0.2, 0) is 4.79 Å². The lowest BCUT2D eigenvalue weighted by molar-refractivity contribution is -0.123. The molecule has 1 fully saturated rings. The van der Waals surface area contributed by atoms with Gasteiger partial charge in [0.1, 0.15) is 0 Å². The maximum absolute atomic E-state index is 12.6. The minimum absolute atomic E-state index is 0.119. The van der Waals surface area contributed by atoms with E-state index in [4.69, 9.17) is 0 Å². The van der Waals surface area contributed by atoms with Gasteiger partial charge in [0.25, 0.3) is 0 Å². The van der Waals surface area contributed by atoms with Gasteiger partial charge in [0, 0.05) is 6.04 Å². The Morgan fingerprint density at radius 2 is 2.00 bits per heavy atom. The summed E-state index contributed by atoms with van der Waals surface area (Å²) < 4.78 is 0. The number of piperidine rings is 1. The van der Waals surface area contributed by atoms with Crippen LogP contribution in [0.3, 0.4) is 0 Å². The predicted molar refractivity (Wildman–Crippen MR) is 90.9 cm³/mol. The predicted octanol–water partition coefficient (Wildman–Crippen LogP) is 3.06. The Kier molecular flexibility index (Phi) is 4.44. The van der Waals surface area contributed by atoms with Gasteiger partial charge in [-0.05, 0) is 48.7 Å². The van der Waals surface area contributed by atoms with Gasteiger partial charge in [-0.15, -0.1) is 0 Å². The molecule has 0 aliphatic carbocycles. The Bertz CT molecular complexity index is 667. The van der Waals surface area contributed by atoms with Crippen molar-refractivity contribution in [3.8, 4) is 0 Å². The van der Waals surface area contributed by atoms with Gasteiger partial charge in [-0.3, -0.25) is 4.79 Å². The number of fused-ring (bicyclic) bond motifs is 1. The molecule has 3 unspecified atom stereocenters. The Morgan fingerprint density at radius 3 is 2.77 bits per heavy atom. The summed E-state index contributed by atoms with van der Waals surface area (Å²) in [6.45, 7) is 6.15. The van der Waals surface area contributed by atoms with Crippen molar-refractivity contribution in [1.29, 1.82) is 0 Å².